The summed E-state index contributed by atoms with van der Waals surface area (Å²) < 4.78 is 11.0. The van der Waals surface area contributed by atoms with Gasteiger partial charge in [0.25, 0.3) is 0 Å². The lowest BCUT2D eigenvalue weighted by Crippen LogP contribution is -1.98. The van der Waals surface area contributed by atoms with E-state index in [0.29, 0.717) is 0 Å². The van der Waals surface area contributed by atoms with Crippen LogP contribution >= 0.6 is 0 Å². The van der Waals surface area contributed by atoms with E-state index in [0.717, 1.165) is 50.5 Å². The van der Waals surface area contributed by atoms with Gasteiger partial charge in [-0.25, -0.2) is 0 Å². The summed E-state index contributed by atoms with van der Waals surface area (Å²) in [5.74, 6) is 1.65. The third-order valence-corrected chi connectivity index (χ3v) is 8.97. The van der Waals surface area contributed by atoms with E-state index in [4.69, 9.17) is 9.47 Å². The lowest BCUT2D eigenvalue weighted by atomic mass is 9.85. The molecule has 242 valence electrons. The highest BCUT2D eigenvalue weighted by Crippen LogP contribution is 2.38. The number of hydrogen-bond donors (Lipinski definition) is 0. The van der Waals surface area contributed by atoms with Crippen molar-refractivity contribution in [2.75, 3.05) is 14.2 Å². The van der Waals surface area contributed by atoms with Crippen molar-refractivity contribution in [2.45, 2.75) is 0 Å². The Labute approximate surface area is 295 Å². The average Bonchev–Trinajstić information content (AvgIpc) is 3.20. The topological polar surface area (TPSA) is 18.5 Å². The highest BCUT2D eigenvalue weighted by molar-refractivity contribution is 6.04. The van der Waals surface area contributed by atoms with Crippen LogP contribution in [0.5, 0.6) is 11.5 Å². The van der Waals surface area contributed by atoms with Gasteiger partial charge in [-0.1, -0.05) is 164 Å². The summed E-state index contributed by atoms with van der Waals surface area (Å²) in [6, 6.07) is 66.1. The van der Waals surface area contributed by atoms with Crippen LogP contribution in [0.15, 0.2) is 188 Å². The van der Waals surface area contributed by atoms with Crippen molar-refractivity contribution in [2.24, 2.45) is 0 Å². The van der Waals surface area contributed by atoms with E-state index in [-0.39, 0.29) is 0 Å². The smallest absolute Gasteiger partial charge is 0.118 e. The van der Waals surface area contributed by atoms with Crippen molar-refractivity contribution >= 4 is 22.8 Å². The lowest BCUT2D eigenvalue weighted by Gasteiger charge is -2.19. The Morgan fingerprint density at radius 2 is 0.660 bits per heavy atom. The van der Waals surface area contributed by atoms with Gasteiger partial charge in [-0.05, 0) is 97.1 Å². The normalized spacial score (nSPS) is 10.6. The van der Waals surface area contributed by atoms with Gasteiger partial charge in [-0.3, -0.25) is 0 Å². The molecule has 7 rings (SSSR count). The quantitative estimate of drug-likeness (QED) is 0.138. The summed E-state index contributed by atoms with van der Waals surface area (Å²) in [6.07, 6.45) is 2.27. The van der Waals surface area contributed by atoms with Crippen LogP contribution in [-0.4, -0.2) is 14.2 Å². The monoisotopic (exact) mass is 646 g/mol. The fourth-order valence-electron chi connectivity index (χ4n) is 6.37. The van der Waals surface area contributed by atoms with E-state index in [9.17, 15) is 0 Å². The zero-order chi connectivity index (χ0) is 34.1. The maximum Gasteiger partial charge on any atom is 0.118 e. The highest BCUT2D eigenvalue weighted by atomic mass is 16.5. The number of methoxy groups -OCH3 is 2. The first-order chi connectivity index (χ1) is 24.7. The Morgan fingerprint density at radius 1 is 0.340 bits per heavy atom. The van der Waals surface area contributed by atoms with Gasteiger partial charge >= 0.3 is 0 Å². The molecule has 2 heteroatoms. The molecular formula is C48H38O2. The van der Waals surface area contributed by atoms with E-state index in [2.05, 4.69) is 170 Å². The van der Waals surface area contributed by atoms with Gasteiger partial charge < -0.3 is 9.47 Å². The molecule has 0 aliphatic heterocycles. The Hall–Kier alpha value is -6.38. The van der Waals surface area contributed by atoms with E-state index in [1.807, 2.05) is 24.3 Å². The molecule has 0 saturated carbocycles. The van der Waals surface area contributed by atoms with Crippen molar-refractivity contribution < 1.29 is 9.47 Å². The van der Waals surface area contributed by atoms with Crippen molar-refractivity contribution in [1.29, 1.82) is 0 Å². The summed E-state index contributed by atoms with van der Waals surface area (Å²) in [5, 5.41) is 0. The molecule has 0 heterocycles. The first-order valence-electron chi connectivity index (χ1n) is 16.8. The second kappa shape index (κ2) is 15.2. The summed E-state index contributed by atoms with van der Waals surface area (Å²) >= 11 is 0. The summed E-state index contributed by atoms with van der Waals surface area (Å²) in [6.45, 7) is 0. The predicted molar refractivity (Wildman–Crippen MR) is 209 cm³/mol. The third-order valence-electron chi connectivity index (χ3n) is 8.97. The SMILES string of the molecule is COc1ccc(C(=C(c2ccccc2)c2ccc(-c3ccc(C=C(c4ccccc4)c4ccccc4)cc3)cc2)c2ccc(OC)cc2)cc1. The molecule has 0 amide bonds. The first-order valence-corrected chi connectivity index (χ1v) is 16.8. The summed E-state index contributed by atoms with van der Waals surface area (Å²) in [5.41, 5.74) is 13.9. The van der Waals surface area contributed by atoms with Gasteiger partial charge in [0.05, 0.1) is 14.2 Å². The van der Waals surface area contributed by atoms with E-state index in [1.54, 1.807) is 14.2 Å². The summed E-state index contributed by atoms with van der Waals surface area (Å²) in [7, 11) is 3.40. The van der Waals surface area contributed by atoms with Gasteiger partial charge in [0.1, 0.15) is 11.5 Å². The van der Waals surface area contributed by atoms with Crippen LogP contribution in [-0.2, 0) is 0 Å². The fraction of sp³-hybridized carbons (Fsp3) is 0.0417. The Balaban J connectivity index is 1.28. The minimum atomic E-state index is 0.825. The number of benzene rings is 7. The van der Waals surface area contributed by atoms with Gasteiger partial charge in [0, 0.05) is 0 Å². The maximum absolute atomic E-state index is 5.50. The molecule has 2 nitrogen and oxygen atoms in total. The molecule has 0 fully saturated rings. The van der Waals surface area contributed by atoms with Crippen molar-refractivity contribution in [1.82, 2.24) is 0 Å². The predicted octanol–water partition coefficient (Wildman–Crippen LogP) is 12.0. The van der Waals surface area contributed by atoms with Crippen LogP contribution in [0, 0.1) is 0 Å². The maximum atomic E-state index is 5.50. The van der Waals surface area contributed by atoms with Crippen molar-refractivity contribution in [3.8, 4) is 22.6 Å². The van der Waals surface area contributed by atoms with Crippen LogP contribution in [0.3, 0.4) is 0 Å². The largest absolute Gasteiger partial charge is 0.497 e. The van der Waals surface area contributed by atoms with Crippen LogP contribution in [0.1, 0.15) is 38.9 Å². The molecule has 0 unspecified atom stereocenters. The molecule has 0 spiro atoms. The second-order valence-corrected chi connectivity index (χ2v) is 12.1. The summed E-state index contributed by atoms with van der Waals surface area (Å²) in [4.78, 5) is 0. The molecular weight excluding hydrogens is 609 g/mol. The Bertz CT molecular complexity index is 2110. The van der Waals surface area contributed by atoms with Crippen LogP contribution in [0.4, 0.5) is 0 Å². The molecule has 0 aliphatic carbocycles. The molecule has 50 heavy (non-hydrogen) atoms. The Morgan fingerprint density at radius 3 is 1.04 bits per heavy atom. The molecule has 0 atom stereocenters. The van der Waals surface area contributed by atoms with Crippen molar-refractivity contribution in [3.05, 3.63) is 227 Å². The van der Waals surface area contributed by atoms with Crippen LogP contribution in [0.25, 0.3) is 33.9 Å². The fourth-order valence-corrected chi connectivity index (χ4v) is 6.37. The molecule has 0 saturated heterocycles. The second-order valence-electron chi connectivity index (χ2n) is 12.1. The lowest BCUT2D eigenvalue weighted by molar-refractivity contribution is 0.414. The molecule has 0 bridgehead atoms. The first kappa shape index (κ1) is 32.2. The zero-order valence-corrected chi connectivity index (χ0v) is 28.3. The highest BCUT2D eigenvalue weighted by Gasteiger charge is 2.17. The molecule has 7 aromatic carbocycles. The average molecular weight is 647 g/mol. The van der Waals surface area contributed by atoms with Gasteiger partial charge in [-0.2, -0.15) is 0 Å². The minimum absolute atomic E-state index is 0.825. The van der Waals surface area contributed by atoms with Crippen molar-refractivity contribution in [3.63, 3.8) is 0 Å². The molecule has 0 N–H and O–H groups in total. The Kier molecular flexibility index (Phi) is 9.80. The standard InChI is InChI=1S/C48H38O2/c1-49-44-30-26-42(27-31-44)48(43-28-32-45(50-2)33-29-43)47(40-16-10-5-11-17-40)41-24-22-37(23-25-41)36-20-18-35(19-21-36)34-46(38-12-6-3-7-13-38)39-14-8-4-9-15-39/h3-34H,1-2H3. The molecule has 0 aromatic heterocycles. The minimum Gasteiger partial charge on any atom is -0.497 e. The van der Waals surface area contributed by atoms with Gasteiger partial charge in [-0.15, -0.1) is 0 Å². The molecule has 0 radical (unpaired) electrons. The van der Waals surface area contributed by atoms with Crippen LogP contribution < -0.4 is 9.47 Å². The van der Waals surface area contributed by atoms with E-state index >= 15 is 0 Å². The molecule has 0 aliphatic rings. The number of hydrogen-bond acceptors (Lipinski definition) is 2. The van der Waals surface area contributed by atoms with Gasteiger partial charge in [0.2, 0.25) is 0 Å². The van der Waals surface area contributed by atoms with Crippen LogP contribution in [0.2, 0.25) is 0 Å². The third kappa shape index (κ3) is 7.21. The number of ether oxygens (including phenoxy) is 2. The van der Waals surface area contributed by atoms with E-state index in [1.165, 1.54) is 27.8 Å². The number of rotatable bonds is 10. The molecule has 7 aromatic rings. The zero-order valence-electron chi connectivity index (χ0n) is 28.3. The van der Waals surface area contributed by atoms with E-state index < -0.39 is 0 Å². The van der Waals surface area contributed by atoms with Gasteiger partial charge in [0.15, 0.2) is 0 Å².